The van der Waals surface area contributed by atoms with Crippen LogP contribution < -0.4 is 4.74 Å². The molecule has 1 fully saturated rings. The van der Waals surface area contributed by atoms with Gasteiger partial charge in [0.2, 0.25) is 0 Å². The lowest BCUT2D eigenvalue weighted by atomic mass is 9.45. The quantitative estimate of drug-likeness (QED) is 0.532. The van der Waals surface area contributed by atoms with Crippen molar-refractivity contribution >= 4 is 17.9 Å². The highest BCUT2D eigenvalue weighted by atomic mass is 16.6. The number of aliphatic carboxylic acids is 1. The molecule has 1 heterocycles. The third-order valence-electron chi connectivity index (χ3n) is 8.13. The van der Waals surface area contributed by atoms with Crippen molar-refractivity contribution in [2.24, 2.45) is 11.8 Å². The molecule has 3 N–H and O–H groups in total. The van der Waals surface area contributed by atoms with Gasteiger partial charge in [0.1, 0.15) is 5.76 Å². The highest BCUT2D eigenvalue weighted by Gasteiger charge is 2.72. The molecule has 6 atom stereocenters. The zero-order valence-electron chi connectivity index (χ0n) is 19.1. The summed E-state index contributed by atoms with van der Waals surface area (Å²) in [5, 5.41) is 31.3. The molecule has 0 radical (unpaired) electrons. The van der Waals surface area contributed by atoms with Crippen molar-refractivity contribution in [3.63, 3.8) is 0 Å². The van der Waals surface area contributed by atoms with E-state index in [1.54, 1.807) is 12.1 Å². The Bertz CT molecular complexity index is 1110. The van der Waals surface area contributed by atoms with Gasteiger partial charge in [-0.15, -0.1) is 0 Å². The summed E-state index contributed by atoms with van der Waals surface area (Å²) in [5.41, 5.74) is -0.119. The van der Waals surface area contributed by atoms with Crippen LogP contribution in [0, 0.1) is 11.8 Å². The SMILES string of the molecule is CC1CC[C@]23c4c5ccc(O)c4O[C@H]2C(OC(=O)[C@H](C)OC(=O)CCC(=O)O)=CC[C@@]3(O)[C@H]1C5. The number of aliphatic hydroxyl groups is 1. The zero-order valence-corrected chi connectivity index (χ0v) is 19.1. The van der Waals surface area contributed by atoms with Crippen LogP contribution in [0.3, 0.4) is 0 Å². The Hall–Kier alpha value is -3.07. The molecule has 1 spiro atoms. The summed E-state index contributed by atoms with van der Waals surface area (Å²) >= 11 is 0. The maximum Gasteiger partial charge on any atom is 0.352 e. The van der Waals surface area contributed by atoms with Gasteiger partial charge in [-0.25, -0.2) is 4.79 Å². The molecule has 1 aromatic carbocycles. The van der Waals surface area contributed by atoms with Crippen molar-refractivity contribution in [2.45, 2.75) is 75.6 Å². The molecule has 9 nitrogen and oxygen atoms in total. The van der Waals surface area contributed by atoms with Crippen LogP contribution in [0.4, 0.5) is 0 Å². The van der Waals surface area contributed by atoms with Crippen LogP contribution in [-0.4, -0.2) is 51.0 Å². The van der Waals surface area contributed by atoms with Gasteiger partial charge in [-0.2, -0.15) is 0 Å². The second kappa shape index (κ2) is 7.73. The smallest absolute Gasteiger partial charge is 0.352 e. The minimum atomic E-state index is -1.25. The number of rotatable bonds is 6. The van der Waals surface area contributed by atoms with E-state index in [4.69, 9.17) is 19.3 Å². The molecular formula is C25H28O9. The minimum absolute atomic E-state index is 0.00189. The van der Waals surface area contributed by atoms with Crippen molar-refractivity contribution in [3.05, 3.63) is 35.1 Å². The summed E-state index contributed by atoms with van der Waals surface area (Å²) in [6, 6.07) is 3.48. The van der Waals surface area contributed by atoms with Crippen LogP contribution in [0.15, 0.2) is 24.0 Å². The van der Waals surface area contributed by atoms with Crippen LogP contribution >= 0.6 is 0 Å². The Balaban J connectivity index is 1.44. The van der Waals surface area contributed by atoms with Crippen LogP contribution in [-0.2, 0) is 35.7 Å². The Labute approximate surface area is 196 Å². The number of hydrogen-bond donors (Lipinski definition) is 3. The van der Waals surface area contributed by atoms with Gasteiger partial charge in [0.15, 0.2) is 23.7 Å². The number of carboxylic acid groups (broad SMARTS) is 1. The molecule has 2 bridgehead atoms. The van der Waals surface area contributed by atoms with Gasteiger partial charge in [-0.05, 0) is 62.1 Å². The van der Waals surface area contributed by atoms with Crippen LogP contribution in [0.2, 0.25) is 0 Å². The maximum absolute atomic E-state index is 12.8. The molecular weight excluding hydrogens is 444 g/mol. The summed E-state index contributed by atoms with van der Waals surface area (Å²) in [5.74, 6) is -1.95. The first-order valence-electron chi connectivity index (χ1n) is 11.7. The van der Waals surface area contributed by atoms with E-state index in [1.165, 1.54) is 6.92 Å². The fourth-order valence-electron chi connectivity index (χ4n) is 6.53. The number of phenols is 1. The number of benzene rings is 1. The van der Waals surface area contributed by atoms with E-state index in [9.17, 15) is 24.6 Å². The Morgan fingerprint density at radius 1 is 1.26 bits per heavy atom. The lowest BCUT2D eigenvalue weighted by Gasteiger charge is -2.61. The number of carbonyl (C=O) groups excluding carboxylic acids is 2. The fourth-order valence-corrected chi connectivity index (χ4v) is 6.53. The Morgan fingerprint density at radius 3 is 2.76 bits per heavy atom. The minimum Gasteiger partial charge on any atom is -0.504 e. The Morgan fingerprint density at radius 2 is 2.03 bits per heavy atom. The molecule has 182 valence electrons. The maximum atomic E-state index is 12.8. The first kappa shape index (κ1) is 22.7. The summed E-state index contributed by atoms with van der Waals surface area (Å²) < 4.78 is 16.9. The summed E-state index contributed by atoms with van der Waals surface area (Å²) in [7, 11) is 0. The number of hydrogen-bond acceptors (Lipinski definition) is 8. The standard InChI is InChI=1S/C25H28O9/c1-12-7-9-24-20-14-3-4-16(26)21(20)34-22(24)17(8-10-25(24,31)15(12)11-14)33-23(30)13(2)32-19(29)6-5-18(27)28/h3-4,8,12-13,15,22,26,31H,5-7,9-11H2,1-2H3,(H,27,28)/t12?,13-,15-,22-,24-,25+/m0/s1. The largest absolute Gasteiger partial charge is 0.504 e. The average Bonchev–Trinajstić information content (AvgIpc) is 3.14. The van der Waals surface area contributed by atoms with E-state index in [1.807, 2.05) is 6.07 Å². The molecule has 1 aromatic rings. The zero-order chi connectivity index (χ0) is 24.4. The molecule has 9 heteroatoms. The Kier molecular flexibility index (Phi) is 5.16. The van der Waals surface area contributed by atoms with Gasteiger partial charge in [0.05, 0.1) is 23.9 Å². The topological polar surface area (TPSA) is 140 Å². The summed E-state index contributed by atoms with van der Waals surface area (Å²) in [6.07, 6.45) is 1.29. The summed E-state index contributed by atoms with van der Waals surface area (Å²) in [4.78, 5) is 35.2. The van der Waals surface area contributed by atoms with E-state index in [-0.39, 0.29) is 30.3 Å². The lowest BCUT2D eigenvalue weighted by molar-refractivity contribution is -0.176. The van der Waals surface area contributed by atoms with E-state index < -0.39 is 47.6 Å². The van der Waals surface area contributed by atoms with Gasteiger partial charge in [-0.1, -0.05) is 13.0 Å². The molecule has 1 saturated carbocycles. The highest BCUT2D eigenvalue weighted by Crippen LogP contribution is 2.68. The lowest BCUT2D eigenvalue weighted by Crippen LogP contribution is -2.69. The monoisotopic (exact) mass is 472 g/mol. The van der Waals surface area contributed by atoms with E-state index in [0.717, 1.165) is 17.5 Å². The molecule has 0 amide bonds. The third kappa shape index (κ3) is 3.06. The number of esters is 2. The van der Waals surface area contributed by atoms with Gasteiger partial charge < -0.3 is 29.5 Å². The van der Waals surface area contributed by atoms with Gasteiger partial charge in [-0.3, -0.25) is 9.59 Å². The third-order valence-corrected chi connectivity index (χ3v) is 8.13. The first-order valence-corrected chi connectivity index (χ1v) is 11.7. The number of carbonyl (C=O) groups is 3. The average molecular weight is 472 g/mol. The van der Waals surface area contributed by atoms with E-state index >= 15 is 0 Å². The van der Waals surface area contributed by atoms with Crippen molar-refractivity contribution < 1.29 is 43.9 Å². The van der Waals surface area contributed by atoms with Gasteiger partial charge >= 0.3 is 17.9 Å². The molecule has 4 aliphatic rings. The normalized spacial score (nSPS) is 33.1. The second-order valence-corrected chi connectivity index (χ2v) is 9.93. The van der Waals surface area contributed by atoms with Gasteiger partial charge in [0, 0.05) is 5.56 Å². The van der Waals surface area contributed by atoms with Crippen molar-refractivity contribution in [3.8, 4) is 11.5 Å². The second-order valence-electron chi connectivity index (χ2n) is 9.93. The highest BCUT2D eigenvalue weighted by molar-refractivity contribution is 5.81. The van der Waals surface area contributed by atoms with Crippen LogP contribution in [0.25, 0.3) is 0 Å². The number of aromatic hydroxyl groups is 1. The summed E-state index contributed by atoms with van der Waals surface area (Å²) in [6.45, 7) is 3.50. The van der Waals surface area contributed by atoms with Crippen molar-refractivity contribution in [1.29, 1.82) is 0 Å². The van der Waals surface area contributed by atoms with E-state index in [0.29, 0.717) is 24.5 Å². The number of carboxylic acids is 1. The number of ether oxygens (including phenoxy) is 3. The fraction of sp³-hybridized carbons (Fsp3) is 0.560. The first-order chi connectivity index (χ1) is 16.1. The molecule has 1 unspecified atom stereocenters. The molecule has 1 aliphatic heterocycles. The van der Waals surface area contributed by atoms with Crippen molar-refractivity contribution in [2.75, 3.05) is 0 Å². The molecule has 34 heavy (non-hydrogen) atoms. The van der Waals surface area contributed by atoms with E-state index in [2.05, 4.69) is 6.92 Å². The number of phenolic OH excluding ortho intramolecular Hbond substituents is 1. The van der Waals surface area contributed by atoms with Crippen LogP contribution in [0.5, 0.6) is 11.5 Å². The molecule has 5 rings (SSSR count). The molecule has 3 aliphatic carbocycles. The molecule has 0 aromatic heterocycles. The molecule has 0 saturated heterocycles. The van der Waals surface area contributed by atoms with Crippen LogP contribution in [0.1, 0.15) is 57.1 Å². The predicted molar refractivity (Wildman–Crippen MR) is 116 cm³/mol. The predicted octanol–water partition coefficient (Wildman–Crippen LogP) is 2.35. The van der Waals surface area contributed by atoms with Crippen molar-refractivity contribution in [1.82, 2.24) is 0 Å². The van der Waals surface area contributed by atoms with Gasteiger partial charge in [0.25, 0.3) is 0 Å².